The van der Waals surface area contributed by atoms with Gasteiger partial charge in [0.1, 0.15) is 0 Å². The Hall–Kier alpha value is -2.68. The van der Waals surface area contributed by atoms with E-state index in [-0.39, 0.29) is 11.8 Å². The minimum absolute atomic E-state index is 0.168. The Labute approximate surface area is 159 Å². The van der Waals surface area contributed by atoms with E-state index >= 15 is 0 Å². The Balaban J connectivity index is 1.21. The molecule has 1 amide bonds. The number of fused-ring (bicyclic) bond motifs is 1. The number of anilines is 1. The molecule has 3 heteroatoms. The predicted molar refractivity (Wildman–Crippen MR) is 109 cm³/mol. The Morgan fingerprint density at radius 1 is 1.00 bits per heavy atom. The molecule has 0 bridgehead atoms. The van der Waals surface area contributed by atoms with E-state index in [9.17, 15) is 4.79 Å². The zero-order valence-electron chi connectivity index (χ0n) is 15.6. The summed E-state index contributed by atoms with van der Waals surface area (Å²) in [5.74, 6) is 0.961. The number of nitrogens with one attached hydrogen (secondary N) is 1. The molecule has 1 spiro atoms. The van der Waals surface area contributed by atoms with Gasteiger partial charge in [-0.25, -0.2) is 0 Å². The summed E-state index contributed by atoms with van der Waals surface area (Å²) in [4.78, 5) is 17.0. The topological polar surface area (TPSA) is 42.0 Å². The third-order valence-corrected chi connectivity index (χ3v) is 6.53. The molecule has 2 fully saturated rings. The summed E-state index contributed by atoms with van der Waals surface area (Å²) in [5.41, 5.74) is 5.02. The Bertz CT molecular complexity index is 989. The number of benzene rings is 2. The van der Waals surface area contributed by atoms with Gasteiger partial charge in [0.25, 0.3) is 0 Å². The van der Waals surface area contributed by atoms with Crippen molar-refractivity contribution in [2.24, 2.45) is 11.3 Å². The van der Waals surface area contributed by atoms with E-state index in [4.69, 9.17) is 0 Å². The molecule has 3 nitrogen and oxygen atoms in total. The van der Waals surface area contributed by atoms with Gasteiger partial charge < -0.3 is 5.32 Å². The highest BCUT2D eigenvalue weighted by Crippen LogP contribution is 2.64. The van der Waals surface area contributed by atoms with Gasteiger partial charge in [-0.1, -0.05) is 35.9 Å². The lowest BCUT2D eigenvalue weighted by molar-refractivity contribution is -0.132. The van der Waals surface area contributed by atoms with Crippen molar-refractivity contribution in [2.45, 2.75) is 38.5 Å². The molecule has 0 aliphatic heterocycles. The fourth-order valence-electron chi connectivity index (χ4n) is 5.07. The molecule has 2 aliphatic carbocycles. The number of carbonyl (C=O) groups is 1. The molecule has 1 aromatic heterocycles. The molecule has 0 radical (unpaired) electrons. The van der Waals surface area contributed by atoms with Crippen molar-refractivity contribution in [3.8, 4) is 0 Å². The fourth-order valence-corrected chi connectivity index (χ4v) is 5.07. The van der Waals surface area contributed by atoms with Crippen LogP contribution in [-0.4, -0.2) is 10.9 Å². The maximum atomic E-state index is 12.5. The number of para-hydroxylation sites is 1. The van der Waals surface area contributed by atoms with E-state index in [1.807, 2.05) is 36.5 Å². The van der Waals surface area contributed by atoms with Crippen molar-refractivity contribution in [1.29, 1.82) is 0 Å². The summed E-state index contributed by atoms with van der Waals surface area (Å²) in [6, 6.07) is 18.6. The van der Waals surface area contributed by atoms with Crippen molar-refractivity contribution < 1.29 is 4.79 Å². The zero-order chi connectivity index (χ0) is 18.4. The van der Waals surface area contributed by atoms with E-state index in [0.29, 0.717) is 11.3 Å². The number of rotatable bonds is 3. The molecule has 2 saturated carbocycles. The molecule has 0 atom stereocenters. The molecule has 2 aromatic carbocycles. The Morgan fingerprint density at radius 3 is 2.52 bits per heavy atom. The van der Waals surface area contributed by atoms with Crippen LogP contribution in [0.4, 0.5) is 5.69 Å². The lowest BCUT2D eigenvalue weighted by Gasteiger charge is -2.57. The summed E-state index contributed by atoms with van der Waals surface area (Å²) in [5, 5.41) is 4.36. The number of amides is 1. The zero-order valence-corrected chi connectivity index (χ0v) is 15.6. The summed E-state index contributed by atoms with van der Waals surface area (Å²) >= 11 is 0. The van der Waals surface area contributed by atoms with Gasteiger partial charge in [-0.2, -0.15) is 0 Å². The maximum Gasteiger partial charge on any atom is 0.227 e. The summed E-state index contributed by atoms with van der Waals surface area (Å²) in [6.07, 6.45) is 6.40. The highest BCUT2D eigenvalue weighted by Gasteiger charge is 2.55. The van der Waals surface area contributed by atoms with Crippen molar-refractivity contribution in [2.75, 3.05) is 5.32 Å². The highest BCUT2D eigenvalue weighted by molar-refractivity contribution is 5.93. The lowest BCUT2D eigenvalue weighted by atomic mass is 9.47. The molecule has 1 N–H and O–H groups in total. The number of aryl methyl sites for hydroxylation is 1. The average molecular weight is 356 g/mol. The maximum absolute atomic E-state index is 12.5. The number of nitrogens with zero attached hydrogens (tertiary/aromatic N) is 1. The molecule has 2 aliphatic rings. The second kappa shape index (κ2) is 6.19. The van der Waals surface area contributed by atoms with E-state index in [2.05, 4.69) is 41.5 Å². The normalized spacial score (nSPS) is 26.4. The van der Waals surface area contributed by atoms with Gasteiger partial charge in [-0.3, -0.25) is 9.78 Å². The van der Waals surface area contributed by atoms with Gasteiger partial charge in [0.2, 0.25) is 5.91 Å². The second-order valence-corrected chi connectivity index (χ2v) is 8.48. The number of aromatic nitrogens is 1. The molecule has 3 aromatic rings. The standard InChI is InChI=1S/C24H24N2O/c1-16-6-8-19(9-7-16)26-23(27)18-14-24(15-18)12-17(13-24)20-10-11-25-22-5-3-2-4-21(20)22/h2-11,17-18H,12-15H2,1H3,(H,26,27). The monoisotopic (exact) mass is 356 g/mol. The van der Waals surface area contributed by atoms with Crippen molar-refractivity contribution in [3.05, 3.63) is 71.9 Å². The number of hydrogen-bond acceptors (Lipinski definition) is 2. The smallest absolute Gasteiger partial charge is 0.227 e. The van der Waals surface area contributed by atoms with Crippen molar-refractivity contribution in [1.82, 2.24) is 4.98 Å². The van der Waals surface area contributed by atoms with Crippen LogP contribution in [0.3, 0.4) is 0 Å². The first kappa shape index (κ1) is 16.5. The summed E-state index contributed by atoms with van der Waals surface area (Å²) in [7, 11) is 0. The van der Waals surface area contributed by atoms with Crippen molar-refractivity contribution >= 4 is 22.5 Å². The first-order valence-corrected chi connectivity index (χ1v) is 9.83. The van der Waals surface area contributed by atoms with Gasteiger partial charge in [-0.15, -0.1) is 0 Å². The van der Waals surface area contributed by atoms with Gasteiger partial charge in [0.15, 0.2) is 0 Å². The van der Waals surface area contributed by atoms with Crippen molar-refractivity contribution in [3.63, 3.8) is 0 Å². The molecule has 136 valence electrons. The van der Waals surface area contributed by atoms with Gasteiger partial charge in [-0.05, 0) is 73.8 Å². The van der Waals surface area contributed by atoms with Crippen LogP contribution in [0.5, 0.6) is 0 Å². The van der Waals surface area contributed by atoms with Crippen LogP contribution in [0.15, 0.2) is 60.8 Å². The fraction of sp³-hybridized carbons (Fsp3) is 0.333. The Morgan fingerprint density at radius 2 is 1.74 bits per heavy atom. The van der Waals surface area contributed by atoms with Crippen LogP contribution in [0.25, 0.3) is 10.9 Å². The molecular weight excluding hydrogens is 332 g/mol. The largest absolute Gasteiger partial charge is 0.326 e. The predicted octanol–water partition coefficient (Wildman–Crippen LogP) is 5.46. The van der Waals surface area contributed by atoms with E-state index in [0.717, 1.165) is 24.0 Å². The summed E-state index contributed by atoms with van der Waals surface area (Å²) in [6.45, 7) is 2.06. The van der Waals surface area contributed by atoms with Gasteiger partial charge >= 0.3 is 0 Å². The minimum atomic E-state index is 0.168. The summed E-state index contributed by atoms with van der Waals surface area (Å²) < 4.78 is 0. The first-order chi connectivity index (χ1) is 13.1. The number of pyridine rings is 1. The highest BCUT2D eigenvalue weighted by atomic mass is 16.1. The quantitative estimate of drug-likeness (QED) is 0.677. The van der Waals surface area contributed by atoms with Gasteiger partial charge in [0, 0.05) is 23.2 Å². The third-order valence-electron chi connectivity index (χ3n) is 6.53. The van der Waals surface area contributed by atoms with Crippen LogP contribution < -0.4 is 5.32 Å². The number of carbonyl (C=O) groups excluding carboxylic acids is 1. The van der Waals surface area contributed by atoms with E-state index < -0.39 is 0 Å². The molecule has 0 saturated heterocycles. The third kappa shape index (κ3) is 2.91. The molecule has 5 rings (SSSR count). The minimum Gasteiger partial charge on any atom is -0.326 e. The average Bonchev–Trinajstić information content (AvgIpc) is 2.61. The Kier molecular flexibility index (Phi) is 3.78. The molecule has 27 heavy (non-hydrogen) atoms. The molecule has 0 unspecified atom stereocenters. The van der Waals surface area contributed by atoms with Crippen LogP contribution in [0, 0.1) is 18.3 Å². The van der Waals surface area contributed by atoms with E-state index in [1.54, 1.807) is 0 Å². The SMILES string of the molecule is Cc1ccc(NC(=O)C2CC3(C2)CC(c2ccnc4ccccc24)C3)cc1. The second-order valence-electron chi connectivity index (χ2n) is 8.48. The first-order valence-electron chi connectivity index (χ1n) is 9.83. The molecular formula is C24H24N2O. The van der Waals surface area contributed by atoms with Crippen LogP contribution in [0.2, 0.25) is 0 Å². The van der Waals surface area contributed by atoms with Crippen LogP contribution in [0.1, 0.15) is 42.7 Å². The van der Waals surface area contributed by atoms with Crippen LogP contribution in [-0.2, 0) is 4.79 Å². The lowest BCUT2D eigenvalue weighted by Crippen LogP contribution is -2.50. The van der Waals surface area contributed by atoms with Crippen LogP contribution >= 0.6 is 0 Å². The van der Waals surface area contributed by atoms with E-state index in [1.165, 1.54) is 29.4 Å². The molecule has 1 heterocycles. The van der Waals surface area contributed by atoms with Gasteiger partial charge in [0.05, 0.1) is 5.52 Å². The number of hydrogen-bond donors (Lipinski definition) is 1.